The molecule has 1 rings (SSSR count). The normalized spacial score (nSPS) is 15.1. The van der Waals surface area contributed by atoms with Crippen LogP contribution in [0.2, 0.25) is 0 Å². The third-order valence-electron chi connectivity index (χ3n) is 5.26. The molecule has 3 unspecified atom stereocenters. The van der Waals surface area contributed by atoms with Crippen LogP contribution in [-0.2, 0) is 0 Å². The summed E-state index contributed by atoms with van der Waals surface area (Å²) in [5, 5.41) is 0. The Bertz CT molecular complexity index is 547. The Kier molecular flexibility index (Phi) is 10.2. The first-order valence-electron chi connectivity index (χ1n) is 10.0. The van der Waals surface area contributed by atoms with E-state index in [0.717, 1.165) is 51.0 Å². The molecule has 0 spiro atoms. The van der Waals surface area contributed by atoms with Crippen LogP contribution < -0.4 is 4.90 Å². The van der Waals surface area contributed by atoms with Gasteiger partial charge in [-0.1, -0.05) is 59.8 Å². The van der Waals surface area contributed by atoms with Crippen molar-refractivity contribution in [2.45, 2.75) is 72.6 Å². The van der Waals surface area contributed by atoms with E-state index in [1.54, 1.807) is 0 Å². The van der Waals surface area contributed by atoms with Crippen LogP contribution in [-0.4, -0.2) is 13.1 Å². The first-order valence-corrected chi connectivity index (χ1v) is 10.0. The molecule has 0 aromatic heterocycles. The van der Waals surface area contributed by atoms with Crippen molar-refractivity contribution in [3.63, 3.8) is 0 Å². The third kappa shape index (κ3) is 6.57. The molecule has 0 saturated heterocycles. The summed E-state index contributed by atoms with van der Waals surface area (Å²) in [7, 11) is 0. The predicted molar refractivity (Wildman–Crippen MR) is 98.6 cm³/mol. The molecule has 5 heteroatoms. The molecule has 0 heterocycles. The Balaban J connectivity index is 3.02. The summed E-state index contributed by atoms with van der Waals surface area (Å²) in [6, 6.07) is 0.828. The zero-order valence-corrected chi connectivity index (χ0v) is 16.6. The molecular weight excluding hydrogens is 342 g/mol. The largest absolute Gasteiger partial charge is 0.300 e. The third-order valence-corrected chi connectivity index (χ3v) is 5.26. The molecule has 0 aliphatic carbocycles. The minimum atomic E-state index is -1.73. The summed E-state index contributed by atoms with van der Waals surface area (Å²) in [4.78, 5) is 0.705. The molecule has 0 aliphatic heterocycles. The average molecular weight is 377 g/mol. The number of nitrogens with one attached hydrogen (secondary N) is 1. The van der Waals surface area contributed by atoms with Gasteiger partial charge in [0.2, 0.25) is 11.6 Å². The summed E-state index contributed by atoms with van der Waals surface area (Å²) in [6.45, 7) is 9.60. The molecular formula is C21H34F4N+. The van der Waals surface area contributed by atoms with Gasteiger partial charge in [0.15, 0.2) is 17.3 Å². The zero-order chi connectivity index (χ0) is 19.7. The number of quaternary nitrogens is 1. The van der Waals surface area contributed by atoms with E-state index in [2.05, 4.69) is 27.7 Å². The molecule has 1 aromatic rings. The topological polar surface area (TPSA) is 4.44 Å². The molecule has 1 aromatic carbocycles. The number of rotatable bonds is 12. The van der Waals surface area contributed by atoms with Crippen LogP contribution in [0.3, 0.4) is 0 Å². The predicted octanol–water partition coefficient (Wildman–Crippen LogP) is 5.80. The van der Waals surface area contributed by atoms with Gasteiger partial charge in [0.1, 0.15) is 0 Å². The summed E-state index contributed by atoms with van der Waals surface area (Å²) in [6.07, 6.45) is 7.25. The van der Waals surface area contributed by atoms with Gasteiger partial charge < -0.3 is 0 Å². The van der Waals surface area contributed by atoms with Crippen LogP contribution in [0.1, 0.15) is 72.6 Å². The van der Waals surface area contributed by atoms with Crippen LogP contribution in [0.5, 0.6) is 0 Å². The second kappa shape index (κ2) is 11.6. The molecule has 3 atom stereocenters. The fraction of sp³-hybridized carbons (Fsp3) is 0.714. The minimum Gasteiger partial charge on any atom is -0.300 e. The van der Waals surface area contributed by atoms with E-state index in [4.69, 9.17) is 0 Å². The van der Waals surface area contributed by atoms with Crippen molar-refractivity contribution in [2.75, 3.05) is 13.1 Å². The maximum atomic E-state index is 14.3. The zero-order valence-electron chi connectivity index (χ0n) is 16.6. The monoisotopic (exact) mass is 376 g/mol. The maximum absolute atomic E-state index is 14.3. The molecule has 0 fully saturated rings. The Hall–Kier alpha value is -1.10. The van der Waals surface area contributed by atoms with Crippen LogP contribution in [0.15, 0.2) is 6.07 Å². The van der Waals surface area contributed by atoms with Gasteiger partial charge in [-0.2, -0.15) is 4.39 Å². The van der Waals surface area contributed by atoms with Crippen LogP contribution in [0, 0.1) is 35.1 Å². The Morgan fingerprint density at radius 3 is 2.15 bits per heavy atom. The van der Waals surface area contributed by atoms with Crippen LogP contribution in [0.25, 0.3) is 0 Å². The van der Waals surface area contributed by atoms with E-state index in [1.165, 1.54) is 0 Å². The van der Waals surface area contributed by atoms with E-state index in [9.17, 15) is 17.6 Å². The average Bonchev–Trinajstić information content (AvgIpc) is 2.62. The Morgan fingerprint density at radius 2 is 1.58 bits per heavy atom. The van der Waals surface area contributed by atoms with Crippen molar-refractivity contribution in [2.24, 2.45) is 11.8 Å². The van der Waals surface area contributed by atoms with Crippen LogP contribution >= 0.6 is 0 Å². The van der Waals surface area contributed by atoms with Crippen molar-refractivity contribution >= 4 is 5.69 Å². The fourth-order valence-electron chi connectivity index (χ4n) is 3.62. The van der Waals surface area contributed by atoms with Crippen molar-refractivity contribution in [1.29, 1.82) is 0 Å². The summed E-state index contributed by atoms with van der Waals surface area (Å²) >= 11 is 0. The van der Waals surface area contributed by atoms with E-state index in [-0.39, 0.29) is 5.69 Å². The quantitative estimate of drug-likeness (QED) is 0.267. The van der Waals surface area contributed by atoms with Gasteiger partial charge in [-0.25, -0.2) is 13.2 Å². The highest BCUT2D eigenvalue weighted by Gasteiger charge is 2.27. The molecule has 0 amide bonds. The summed E-state index contributed by atoms with van der Waals surface area (Å²) < 4.78 is 55.1. The van der Waals surface area contributed by atoms with Crippen molar-refractivity contribution in [3.05, 3.63) is 29.3 Å². The minimum absolute atomic E-state index is 0.0882. The smallest absolute Gasteiger partial charge is 0.222 e. The Morgan fingerprint density at radius 1 is 0.885 bits per heavy atom. The van der Waals surface area contributed by atoms with Gasteiger partial charge >= 0.3 is 0 Å². The lowest BCUT2D eigenvalue weighted by molar-refractivity contribution is -0.838. The molecule has 0 radical (unpaired) electrons. The summed E-state index contributed by atoms with van der Waals surface area (Å²) in [5.74, 6) is -5.21. The number of unbranched alkanes of at least 4 members (excludes halogenated alkanes) is 1. The van der Waals surface area contributed by atoms with E-state index >= 15 is 0 Å². The fourth-order valence-corrected chi connectivity index (χ4v) is 3.62. The summed E-state index contributed by atoms with van der Waals surface area (Å²) in [5.41, 5.74) is -0.0882. The van der Waals surface area contributed by atoms with Gasteiger partial charge in [-0.3, -0.25) is 4.90 Å². The first kappa shape index (κ1) is 22.9. The number of halogens is 4. The molecule has 26 heavy (non-hydrogen) atoms. The second-order valence-corrected chi connectivity index (χ2v) is 7.50. The van der Waals surface area contributed by atoms with Gasteiger partial charge in [0.25, 0.3) is 0 Å². The van der Waals surface area contributed by atoms with Crippen molar-refractivity contribution in [1.82, 2.24) is 0 Å². The highest BCUT2D eigenvalue weighted by molar-refractivity contribution is 5.33. The number of hydrogen-bond donors (Lipinski definition) is 1. The Labute approximate surface area is 155 Å². The van der Waals surface area contributed by atoms with E-state index < -0.39 is 23.3 Å². The molecule has 1 N–H and O–H groups in total. The molecule has 0 saturated carbocycles. The lowest BCUT2D eigenvalue weighted by atomic mass is 9.95. The van der Waals surface area contributed by atoms with Crippen LogP contribution in [0.4, 0.5) is 23.2 Å². The standard InChI is InChI=1S/C21H33F4N/c1-5-8-10-16(7-3)11-12-26(14-15(4)9-6-2)18-13-17(22)19(23)21(25)20(18)24/h13,15-16H,5-12,14H2,1-4H3/p+1. The highest BCUT2D eigenvalue weighted by atomic mass is 19.2. The molecule has 1 nitrogen and oxygen atoms in total. The number of hydrogen-bond acceptors (Lipinski definition) is 0. The lowest BCUT2D eigenvalue weighted by Gasteiger charge is -2.25. The number of benzene rings is 1. The SMILES string of the molecule is CCCCC(CC)CC[NH+](CC(C)CCC)c1cc(F)c(F)c(F)c1F. The van der Waals surface area contributed by atoms with E-state index in [0.29, 0.717) is 29.8 Å². The van der Waals surface area contributed by atoms with E-state index in [1.807, 2.05) is 0 Å². The lowest BCUT2D eigenvalue weighted by Crippen LogP contribution is -3.08. The first-order chi connectivity index (χ1) is 12.3. The van der Waals surface area contributed by atoms with Crippen molar-refractivity contribution < 1.29 is 22.5 Å². The van der Waals surface area contributed by atoms with Gasteiger partial charge in [-0.05, 0) is 18.8 Å². The molecule has 150 valence electrons. The molecule has 0 bridgehead atoms. The van der Waals surface area contributed by atoms with Crippen molar-refractivity contribution in [3.8, 4) is 0 Å². The molecule has 0 aliphatic rings. The van der Waals surface area contributed by atoms with Gasteiger partial charge in [0.05, 0.1) is 13.1 Å². The second-order valence-electron chi connectivity index (χ2n) is 7.50. The van der Waals surface area contributed by atoms with Gasteiger partial charge in [0, 0.05) is 12.0 Å². The maximum Gasteiger partial charge on any atom is 0.222 e. The van der Waals surface area contributed by atoms with Gasteiger partial charge in [-0.15, -0.1) is 0 Å². The highest BCUT2D eigenvalue weighted by Crippen LogP contribution is 2.21.